The quantitative estimate of drug-likeness (QED) is 0.374. The third kappa shape index (κ3) is 3.92. The summed E-state index contributed by atoms with van der Waals surface area (Å²) in [5.74, 6) is -2.17. The van der Waals surface area contributed by atoms with Gasteiger partial charge in [0.15, 0.2) is 5.78 Å². The van der Waals surface area contributed by atoms with Gasteiger partial charge in [0.25, 0.3) is 0 Å². The lowest BCUT2D eigenvalue weighted by Gasteiger charge is -2.17. The van der Waals surface area contributed by atoms with Gasteiger partial charge in [-0.05, 0) is 30.5 Å². The van der Waals surface area contributed by atoms with E-state index in [-0.39, 0.29) is 29.7 Å². The first-order valence-corrected chi connectivity index (χ1v) is 8.96. The first-order chi connectivity index (χ1) is 12.5. The molecule has 3 unspecified atom stereocenters. The van der Waals surface area contributed by atoms with Crippen molar-refractivity contribution in [2.45, 2.75) is 25.0 Å². The Morgan fingerprint density at radius 1 is 1.31 bits per heavy atom. The van der Waals surface area contributed by atoms with Crippen molar-refractivity contribution in [1.29, 1.82) is 0 Å². The molecule has 10 heteroatoms. The van der Waals surface area contributed by atoms with E-state index in [4.69, 9.17) is 4.55 Å². The van der Waals surface area contributed by atoms with Gasteiger partial charge < -0.3 is 5.32 Å². The molecule has 0 saturated heterocycles. The van der Waals surface area contributed by atoms with Crippen LogP contribution in [0.3, 0.4) is 0 Å². The minimum absolute atomic E-state index is 0.0344. The van der Waals surface area contributed by atoms with Crippen LogP contribution in [0.15, 0.2) is 33.9 Å². The lowest BCUT2D eigenvalue weighted by molar-refractivity contribution is 0.102. The Morgan fingerprint density at radius 2 is 2.08 bits per heavy atom. The molecule has 26 heavy (non-hydrogen) atoms. The summed E-state index contributed by atoms with van der Waals surface area (Å²) in [5.41, 5.74) is -0.111. The molecule has 0 saturated carbocycles. The van der Waals surface area contributed by atoms with Crippen molar-refractivity contribution in [2.24, 2.45) is 9.98 Å². The van der Waals surface area contributed by atoms with Crippen molar-refractivity contribution in [2.75, 3.05) is 6.54 Å². The van der Waals surface area contributed by atoms with Crippen LogP contribution < -0.4 is 10.0 Å². The van der Waals surface area contributed by atoms with Crippen molar-refractivity contribution in [3.8, 4) is 0 Å². The van der Waals surface area contributed by atoms with E-state index >= 15 is 0 Å². The summed E-state index contributed by atoms with van der Waals surface area (Å²) in [6, 6.07) is 1.32. The van der Waals surface area contributed by atoms with Gasteiger partial charge in [-0.3, -0.25) is 19.3 Å². The number of rotatable bonds is 7. The second-order valence-electron chi connectivity index (χ2n) is 5.75. The molecule has 1 aromatic carbocycles. The van der Waals surface area contributed by atoms with Crippen LogP contribution in [0.2, 0.25) is 0 Å². The van der Waals surface area contributed by atoms with E-state index in [2.05, 4.69) is 20.0 Å². The average molecular weight is 382 g/mol. The Morgan fingerprint density at radius 3 is 2.85 bits per heavy atom. The molecule has 1 aromatic rings. The second-order valence-corrected chi connectivity index (χ2v) is 6.54. The summed E-state index contributed by atoms with van der Waals surface area (Å²) < 4.78 is 50.1. The fourth-order valence-electron chi connectivity index (χ4n) is 2.86. The third-order valence-corrected chi connectivity index (χ3v) is 4.51. The molecule has 0 aliphatic carbocycles. The SMILES string of the molecule is O=C(C1=CNC2N=CC=NC12)c1cc(F)cc(CCCNS(=O)O)c1F. The molecule has 3 N–H and O–H groups in total. The molecule has 3 rings (SSSR count). The van der Waals surface area contributed by atoms with Crippen LogP contribution in [-0.4, -0.2) is 45.7 Å². The first-order valence-electron chi connectivity index (χ1n) is 7.85. The molecule has 0 aromatic heterocycles. The largest absolute Gasteiger partial charge is 0.367 e. The van der Waals surface area contributed by atoms with E-state index < -0.39 is 40.9 Å². The van der Waals surface area contributed by atoms with Gasteiger partial charge in [-0.15, -0.1) is 0 Å². The molecule has 0 amide bonds. The lowest BCUT2D eigenvalue weighted by atomic mass is 9.95. The number of fused-ring (bicyclic) bond motifs is 1. The maximum atomic E-state index is 14.7. The van der Waals surface area contributed by atoms with Gasteiger partial charge in [0.05, 0.1) is 5.56 Å². The molecule has 3 atom stereocenters. The highest BCUT2D eigenvalue weighted by molar-refractivity contribution is 7.77. The fourth-order valence-corrected chi connectivity index (χ4v) is 3.18. The standard InChI is InChI=1S/C16H16F2N4O3S/c17-10-6-9(2-1-3-22-26(24)25)13(18)11(7-10)15(23)12-8-21-16-14(12)19-4-5-20-16/h4-8,14,16,21-22H,1-3H2,(H,24,25). The van der Waals surface area contributed by atoms with Gasteiger partial charge in [0.1, 0.15) is 23.8 Å². The number of hydrogen-bond acceptors (Lipinski definition) is 5. The monoisotopic (exact) mass is 382 g/mol. The van der Waals surface area contributed by atoms with E-state index in [1.807, 2.05) is 0 Å². The minimum atomic E-state index is -2.16. The van der Waals surface area contributed by atoms with Gasteiger partial charge in [-0.2, -0.15) is 0 Å². The summed E-state index contributed by atoms with van der Waals surface area (Å²) in [5, 5.41) is 2.89. The minimum Gasteiger partial charge on any atom is -0.367 e. The van der Waals surface area contributed by atoms with Gasteiger partial charge in [0.2, 0.25) is 11.3 Å². The van der Waals surface area contributed by atoms with Crippen LogP contribution in [0.4, 0.5) is 8.78 Å². The normalized spacial score (nSPS) is 21.9. The Hall–Kier alpha value is -2.30. The van der Waals surface area contributed by atoms with Crippen molar-refractivity contribution < 1.29 is 22.3 Å². The summed E-state index contributed by atoms with van der Waals surface area (Å²) in [4.78, 5) is 21.0. The Kier molecular flexibility index (Phi) is 5.64. The third-order valence-electron chi connectivity index (χ3n) is 4.06. The van der Waals surface area contributed by atoms with Gasteiger partial charge in [-0.25, -0.2) is 17.7 Å². The van der Waals surface area contributed by atoms with Crippen molar-refractivity contribution in [3.05, 3.63) is 46.7 Å². The highest BCUT2D eigenvalue weighted by Crippen LogP contribution is 2.26. The van der Waals surface area contributed by atoms with Crippen LogP contribution in [0, 0.1) is 11.6 Å². The Labute approximate surface area is 150 Å². The number of halogens is 2. The molecule has 138 valence electrons. The fraction of sp³-hybridized carbons (Fsp3) is 0.312. The number of nitrogens with zero attached hydrogens (tertiary/aromatic N) is 2. The predicted octanol–water partition coefficient (Wildman–Crippen LogP) is 1.14. The number of ketones is 1. The molecular formula is C16H16F2N4O3S. The van der Waals surface area contributed by atoms with Gasteiger partial charge in [0, 0.05) is 30.7 Å². The molecule has 0 bridgehead atoms. The molecule has 0 fully saturated rings. The molecular weight excluding hydrogens is 366 g/mol. The summed E-state index contributed by atoms with van der Waals surface area (Å²) in [7, 11) is 0. The van der Waals surface area contributed by atoms with Crippen LogP contribution in [0.1, 0.15) is 22.3 Å². The second kappa shape index (κ2) is 7.94. The maximum Gasteiger partial charge on any atom is 0.231 e. The zero-order chi connectivity index (χ0) is 18.7. The van der Waals surface area contributed by atoms with E-state index in [0.717, 1.165) is 12.1 Å². The molecule has 2 heterocycles. The summed E-state index contributed by atoms with van der Waals surface area (Å²) in [6.45, 7) is 0.147. The van der Waals surface area contributed by atoms with Crippen LogP contribution in [0.5, 0.6) is 0 Å². The Balaban J connectivity index is 1.79. The lowest BCUT2D eigenvalue weighted by Crippen LogP contribution is -2.32. The number of benzene rings is 1. The van der Waals surface area contributed by atoms with Crippen molar-refractivity contribution in [3.63, 3.8) is 0 Å². The van der Waals surface area contributed by atoms with Gasteiger partial charge in [-0.1, -0.05) is 0 Å². The number of nitrogens with one attached hydrogen (secondary N) is 2. The number of hydrogen-bond donors (Lipinski definition) is 3. The van der Waals surface area contributed by atoms with Crippen LogP contribution in [-0.2, 0) is 17.7 Å². The van der Waals surface area contributed by atoms with E-state index in [1.165, 1.54) is 18.6 Å². The van der Waals surface area contributed by atoms with E-state index in [1.54, 1.807) is 0 Å². The van der Waals surface area contributed by atoms with E-state index in [0.29, 0.717) is 6.42 Å². The maximum absolute atomic E-state index is 14.7. The first kappa shape index (κ1) is 18.5. The number of carbonyl (C=O) groups is 1. The zero-order valence-electron chi connectivity index (χ0n) is 13.5. The molecule has 2 aliphatic rings. The molecule has 0 radical (unpaired) electrons. The highest BCUT2D eigenvalue weighted by Gasteiger charge is 2.35. The smallest absolute Gasteiger partial charge is 0.231 e. The number of carbonyl (C=O) groups excluding carboxylic acids is 1. The molecule has 2 aliphatic heterocycles. The number of aryl methyl sites for hydroxylation is 1. The highest BCUT2D eigenvalue weighted by atomic mass is 32.2. The van der Waals surface area contributed by atoms with Crippen molar-refractivity contribution in [1.82, 2.24) is 10.0 Å². The average Bonchev–Trinajstić information content (AvgIpc) is 3.04. The number of aliphatic imine (C=N–C) groups is 2. The number of Topliss-reactive ketones (excluding diaryl/α,β-unsaturated/α-hetero) is 1. The van der Waals surface area contributed by atoms with Crippen LogP contribution in [0.25, 0.3) is 0 Å². The van der Waals surface area contributed by atoms with Crippen LogP contribution >= 0.6 is 0 Å². The molecule has 7 nitrogen and oxygen atoms in total. The summed E-state index contributed by atoms with van der Waals surface area (Å²) >= 11 is -2.16. The summed E-state index contributed by atoms with van der Waals surface area (Å²) in [6.07, 6.45) is 4.39. The van der Waals surface area contributed by atoms with Gasteiger partial charge >= 0.3 is 0 Å². The molecule has 0 spiro atoms. The zero-order valence-corrected chi connectivity index (χ0v) is 14.3. The van der Waals surface area contributed by atoms with Crippen molar-refractivity contribution >= 4 is 29.5 Å². The topological polar surface area (TPSA) is 103 Å². The van der Waals surface area contributed by atoms with E-state index in [9.17, 15) is 17.8 Å². The predicted molar refractivity (Wildman–Crippen MR) is 93.6 cm³/mol. The Bertz CT molecular complexity index is 841.